The molecule has 2 heteroatoms. The molecule has 0 aliphatic carbocycles. The Morgan fingerprint density at radius 3 is 1.03 bits per heavy atom. The predicted octanol–water partition coefficient (Wildman–Crippen LogP) is 10.2. The number of rotatable bonds is 4. The van der Waals surface area contributed by atoms with Gasteiger partial charge in [-0.3, -0.25) is 0 Å². The molecule has 38 heavy (non-hydrogen) atoms. The monoisotopic (exact) mass is 487 g/mol. The molecular formula is C36H25NO. The Bertz CT molecular complexity index is 1590. The summed E-state index contributed by atoms with van der Waals surface area (Å²) in [6.45, 7) is 0. The van der Waals surface area contributed by atoms with E-state index < -0.39 is 0 Å². The topological polar surface area (TPSA) is 21.3 Å². The van der Waals surface area contributed by atoms with Gasteiger partial charge < -0.3 is 10.1 Å². The molecule has 0 bridgehead atoms. The SMILES string of the molecule is c1ccc(-c2ccc(-c3ccc4c(c3)Oc3cc(-c5ccc(-c6ccccc6)cc5)ccc3N4)cc2)cc1. The minimum Gasteiger partial charge on any atom is -0.453 e. The number of benzene rings is 6. The van der Waals surface area contributed by atoms with Crippen LogP contribution in [0.1, 0.15) is 0 Å². The van der Waals surface area contributed by atoms with E-state index in [9.17, 15) is 0 Å². The van der Waals surface area contributed by atoms with Crippen LogP contribution >= 0.6 is 0 Å². The minimum atomic E-state index is 0.832. The van der Waals surface area contributed by atoms with Crippen molar-refractivity contribution in [2.75, 3.05) is 5.32 Å². The lowest BCUT2D eigenvalue weighted by Crippen LogP contribution is -2.03. The third-order valence-electron chi connectivity index (χ3n) is 7.10. The molecule has 0 unspecified atom stereocenters. The van der Waals surface area contributed by atoms with E-state index in [1.807, 2.05) is 12.1 Å². The quantitative estimate of drug-likeness (QED) is 0.267. The lowest BCUT2D eigenvalue weighted by atomic mass is 9.99. The van der Waals surface area contributed by atoms with Crippen molar-refractivity contribution in [1.82, 2.24) is 0 Å². The number of anilines is 2. The first-order valence-electron chi connectivity index (χ1n) is 12.8. The largest absolute Gasteiger partial charge is 0.453 e. The molecule has 0 radical (unpaired) electrons. The molecule has 6 aromatic carbocycles. The first-order chi connectivity index (χ1) is 18.8. The zero-order chi connectivity index (χ0) is 25.3. The van der Waals surface area contributed by atoms with Crippen molar-refractivity contribution < 1.29 is 4.74 Å². The molecule has 1 heterocycles. The van der Waals surface area contributed by atoms with Gasteiger partial charge in [0.25, 0.3) is 0 Å². The van der Waals surface area contributed by atoms with Crippen LogP contribution in [0.4, 0.5) is 11.4 Å². The van der Waals surface area contributed by atoms with Crippen molar-refractivity contribution in [3.05, 3.63) is 146 Å². The summed E-state index contributed by atoms with van der Waals surface area (Å²) < 4.78 is 6.43. The zero-order valence-electron chi connectivity index (χ0n) is 20.8. The maximum absolute atomic E-state index is 6.43. The highest BCUT2D eigenvalue weighted by Crippen LogP contribution is 2.45. The van der Waals surface area contributed by atoms with Gasteiger partial charge in [0.05, 0.1) is 11.4 Å². The molecule has 6 aromatic rings. The van der Waals surface area contributed by atoms with Crippen LogP contribution in [0.5, 0.6) is 11.5 Å². The van der Waals surface area contributed by atoms with Gasteiger partial charge in [-0.05, 0) is 68.8 Å². The van der Waals surface area contributed by atoms with E-state index in [1.54, 1.807) is 0 Å². The second-order valence-corrected chi connectivity index (χ2v) is 9.54. The summed E-state index contributed by atoms with van der Waals surface area (Å²) in [6.07, 6.45) is 0. The van der Waals surface area contributed by atoms with Gasteiger partial charge in [0.1, 0.15) is 0 Å². The van der Waals surface area contributed by atoms with Crippen LogP contribution in [-0.4, -0.2) is 0 Å². The second-order valence-electron chi connectivity index (χ2n) is 9.54. The number of ether oxygens (including phenoxy) is 1. The highest BCUT2D eigenvalue weighted by Gasteiger charge is 2.18. The zero-order valence-corrected chi connectivity index (χ0v) is 20.8. The molecule has 7 rings (SSSR count). The molecule has 0 atom stereocenters. The Morgan fingerprint density at radius 1 is 0.316 bits per heavy atom. The van der Waals surface area contributed by atoms with E-state index in [0.29, 0.717) is 0 Å². The molecule has 0 spiro atoms. The van der Waals surface area contributed by atoms with E-state index in [-0.39, 0.29) is 0 Å². The number of fused-ring (bicyclic) bond motifs is 2. The van der Waals surface area contributed by atoms with Crippen LogP contribution in [0.2, 0.25) is 0 Å². The van der Waals surface area contributed by atoms with Crippen LogP contribution in [-0.2, 0) is 0 Å². The molecule has 180 valence electrons. The highest BCUT2D eigenvalue weighted by atomic mass is 16.5. The van der Waals surface area contributed by atoms with E-state index in [2.05, 4.69) is 139 Å². The van der Waals surface area contributed by atoms with Gasteiger partial charge in [0.15, 0.2) is 11.5 Å². The van der Waals surface area contributed by atoms with Gasteiger partial charge in [0.2, 0.25) is 0 Å². The lowest BCUT2D eigenvalue weighted by molar-refractivity contribution is 0.481. The first-order valence-corrected chi connectivity index (χ1v) is 12.8. The second kappa shape index (κ2) is 9.42. The fourth-order valence-electron chi connectivity index (χ4n) is 5.01. The van der Waals surface area contributed by atoms with Crippen LogP contribution in [0, 0.1) is 0 Å². The first kappa shape index (κ1) is 22.1. The molecule has 0 amide bonds. The highest BCUT2D eigenvalue weighted by molar-refractivity contribution is 5.82. The molecular weight excluding hydrogens is 462 g/mol. The van der Waals surface area contributed by atoms with E-state index in [0.717, 1.165) is 45.1 Å². The summed E-state index contributed by atoms with van der Waals surface area (Å²) in [6, 6.07) is 51.0. The smallest absolute Gasteiger partial charge is 0.151 e. The Labute approximate surface area is 222 Å². The van der Waals surface area contributed by atoms with Crippen molar-refractivity contribution in [3.8, 4) is 56.0 Å². The minimum absolute atomic E-state index is 0.832. The van der Waals surface area contributed by atoms with Crippen molar-refractivity contribution in [1.29, 1.82) is 0 Å². The molecule has 0 aromatic heterocycles. The summed E-state index contributed by atoms with van der Waals surface area (Å²) >= 11 is 0. The van der Waals surface area contributed by atoms with Gasteiger partial charge in [-0.25, -0.2) is 0 Å². The molecule has 0 saturated heterocycles. The predicted molar refractivity (Wildman–Crippen MR) is 158 cm³/mol. The van der Waals surface area contributed by atoms with Crippen molar-refractivity contribution in [2.45, 2.75) is 0 Å². The molecule has 0 fully saturated rings. The lowest BCUT2D eigenvalue weighted by Gasteiger charge is -2.23. The van der Waals surface area contributed by atoms with Crippen LogP contribution in [0.3, 0.4) is 0 Å². The van der Waals surface area contributed by atoms with Gasteiger partial charge >= 0.3 is 0 Å². The average Bonchev–Trinajstić information content (AvgIpc) is 3.00. The van der Waals surface area contributed by atoms with Gasteiger partial charge in [0, 0.05) is 0 Å². The van der Waals surface area contributed by atoms with E-state index >= 15 is 0 Å². The standard InChI is InChI=1S/C36H25NO/c1-3-7-25(8-4-1)27-11-15-29(16-12-27)31-19-21-33-35(23-31)38-36-24-32(20-22-34(36)37-33)30-17-13-28(14-18-30)26-9-5-2-6-10-26/h1-24,37H. The molecule has 1 aliphatic rings. The molecule has 1 N–H and O–H groups in total. The molecule has 0 saturated carbocycles. The summed E-state index contributed by atoms with van der Waals surface area (Å²) in [5.41, 5.74) is 11.4. The Hall–Kier alpha value is -5.08. The summed E-state index contributed by atoms with van der Waals surface area (Å²) in [7, 11) is 0. The Balaban J connectivity index is 1.14. The normalized spacial score (nSPS) is 11.6. The fourth-order valence-corrected chi connectivity index (χ4v) is 5.01. The van der Waals surface area contributed by atoms with Crippen LogP contribution in [0.15, 0.2) is 146 Å². The number of nitrogens with one attached hydrogen (secondary N) is 1. The average molecular weight is 488 g/mol. The molecule has 1 aliphatic heterocycles. The van der Waals surface area contributed by atoms with Crippen LogP contribution < -0.4 is 10.1 Å². The van der Waals surface area contributed by atoms with Gasteiger partial charge in [-0.1, -0.05) is 121 Å². The van der Waals surface area contributed by atoms with Crippen LogP contribution in [0.25, 0.3) is 44.5 Å². The van der Waals surface area contributed by atoms with E-state index in [4.69, 9.17) is 4.74 Å². The van der Waals surface area contributed by atoms with Crippen molar-refractivity contribution in [2.24, 2.45) is 0 Å². The number of hydrogen-bond acceptors (Lipinski definition) is 2. The maximum Gasteiger partial charge on any atom is 0.151 e. The van der Waals surface area contributed by atoms with Gasteiger partial charge in [-0.15, -0.1) is 0 Å². The number of hydrogen-bond donors (Lipinski definition) is 1. The van der Waals surface area contributed by atoms with Crippen molar-refractivity contribution in [3.63, 3.8) is 0 Å². The van der Waals surface area contributed by atoms with Gasteiger partial charge in [-0.2, -0.15) is 0 Å². The fraction of sp³-hybridized carbons (Fsp3) is 0. The summed E-state index contributed by atoms with van der Waals surface area (Å²) in [5, 5.41) is 3.53. The van der Waals surface area contributed by atoms with E-state index in [1.165, 1.54) is 22.3 Å². The Morgan fingerprint density at radius 2 is 0.632 bits per heavy atom. The third kappa shape index (κ3) is 4.23. The maximum atomic E-state index is 6.43. The summed E-state index contributed by atoms with van der Waals surface area (Å²) in [5.74, 6) is 1.66. The summed E-state index contributed by atoms with van der Waals surface area (Å²) in [4.78, 5) is 0. The third-order valence-corrected chi connectivity index (χ3v) is 7.10. The molecule has 2 nitrogen and oxygen atoms in total. The van der Waals surface area contributed by atoms with Crippen molar-refractivity contribution >= 4 is 11.4 Å². The Kier molecular flexibility index (Phi) is 5.49.